The molecule has 1 N–H and O–H groups in total. The highest BCUT2D eigenvalue weighted by atomic mass is 35.5. The Balaban J connectivity index is 1.82. The van der Waals surface area contributed by atoms with E-state index in [9.17, 15) is 8.78 Å². The lowest BCUT2D eigenvalue weighted by atomic mass is 9.93. The average molecular weight is 328 g/mol. The van der Waals surface area contributed by atoms with Gasteiger partial charge in [-0.05, 0) is 56.0 Å². The van der Waals surface area contributed by atoms with Crippen LogP contribution in [0.2, 0.25) is 4.34 Å². The van der Waals surface area contributed by atoms with E-state index in [0.29, 0.717) is 5.56 Å². The Kier molecular flexibility index (Phi) is 4.29. The molecule has 21 heavy (non-hydrogen) atoms. The Morgan fingerprint density at radius 2 is 2.14 bits per heavy atom. The van der Waals surface area contributed by atoms with Crippen LogP contribution >= 0.6 is 22.9 Å². The van der Waals surface area contributed by atoms with Gasteiger partial charge < -0.3 is 5.32 Å². The fourth-order valence-electron chi connectivity index (χ4n) is 2.93. The quantitative estimate of drug-likeness (QED) is 0.795. The van der Waals surface area contributed by atoms with Crippen molar-refractivity contribution >= 4 is 22.9 Å². The summed E-state index contributed by atoms with van der Waals surface area (Å²) in [5.74, 6) is -0.793. The molecule has 112 valence electrons. The molecule has 0 saturated carbocycles. The number of nitrogens with one attached hydrogen (secondary N) is 1. The van der Waals surface area contributed by atoms with Crippen molar-refractivity contribution in [3.63, 3.8) is 0 Å². The number of hydrogen-bond donors (Lipinski definition) is 1. The Morgan fingerprint density at radius 1 is 1.33 bits per heavy atom. The second kappa shape index (κ2) is 6.03. The molecule has 0 bridgehead atoms. The summed E-state index contributed by atoms with van der Waals surface area (Å²) < 4.78 is 28.0. The van der Waals surface area contributed by atoms with Gasteiger partial charge in [-0.3, -0.25) is 0 Å². The minimum atomic E-state index is -0.414. The SMILES string of the molecule is CC(NC1CCCc2sc(Cl)cc21)c1cc(F)ccc1F. The molecular formula is C16H16ClF2NS. The minimum Gasteiger partial charge on any atom is -0.303 e. The number of rotatable bonds is 3. The van der Waals surface area contributed by atoms with Crippen LogP contribution in [0.25, 0.3) is 0 Å². The molecule has 1 aliphatic carbocycles. The van der Waals surface area contributed by atoms with Crippen molar-refractivity contribution in [2.24, 2.45) is 0 Å². The number of hydrogen-bond acceptors (Lipinski definition) is 2. The molecule has 0 spiro atoms. The summed E-state index contributed by atoms with van der Waals surface area (Å²) in [4.78, 5) is 1.30. The molecule has 1 aromatic heterocycles. The number of benzene rings is 1. The van der Waals surface area contributed by atoms with Crippen molar-refractivity contribution < 1.29 is 8.78 Å². The zero-order chi connectivity index (χ0) is 15.0. The molecule has 1 aliphatic rings. The maximum Gasteiger partial charge on any atom is 0.128 e. The molecule has 0 radical (unpaired) electrons. The van der Waals surface area contributed by atoms with Gasteiger partial charge in [0.1, 0.15) is 11.6 Å². The lowest BCUT2D eigenvalue weighted by Gasteiger charge is -2.27. The topological polar surface area (TPSA) is 12.0 Å². The van der Waals surface area contributed by atoms with Crippen LogP contribution in [0.1, 0.15) is 47.9 Å². The third-order valence-electron chi connectivity index (χ3n) is 3.96. The number of halogens is 3. The van der Waals surface area contributed by atoms with Gasteiger partial charge in [0.2, 0.25) is 0 Å². The van der Waals surface area contributed by atoms with Crippen molar-refractivity contribution in [2.75, 3.05) is 0 Å². The predicted molar refractivity (Wildman–Crippen MR) is 82.9 cm³/mol. The van der Waals surface area contributed by atoms with E-state index in [1.165, 1.54) is 22.6 Å². The Bertz CT molecular complexity index is 656. The molecule has 0 amide bonds. The third-order valence-corrected chi connectivity index (χ3v) is 5.30. The van der Waals surface area contributed by atoms with Gasteiger partial charge in [-0.15, -0.1) is 11.3 Å². The molecule has 0 saturated heterocycles. The molecule has 1 nitrogen and oxygen atoms in total. The van der Waals surface area contributed by atoms with Crippen molar-refractivity contribution in [1.29, 1.82) is 0 Å². The first kappa shape index (κ1) is 14.9. The first-order valence-electron chi connectivity index (χ1n) is 7.03. The Morgan fingerprint density at radius 3 is 2.95 bits per heavy atom. The van der Waals surface area contributed by atoms with E-state index in [4.69, 9.17) is 11.6 Å². The zero-order valence-corrected chi connectivity index (χ0v) is 13.2. The number of thiophene rings is 1. The summed E-state index contributed by atoms with van der Waals surface area (Å²) in [6.45, 7) is 1.86. The van der Waals surface area contributed by atoms with Crippen LogP contribution in [0.3, 0.4) is 0 Å². The van der Waals surface area contributed by atoms with Gasteiger partial charge >= 0.3 is 0 Å². The van der Waals surface area contributed by atoms with Crippen LogP contribution in [0.4, 0.5) is 8.78 Å². The second-order valence-corrected chi connectivity index (χ2v) is 7.20. The molecule has 2 unspecified atom stereocenters. The highest BCUT2D eigenvalue weighted by molar-refractivity contribution is 7.16. The first-order valence-corrected chi connectivity index (χ1v) is 8.23. The summed E-state index contributed by atoms with van der Waals surface area (Å²) in [7, 11) is 0. The predicted octanol–water partition coefficient (Wildman–Crippen LogP) is 5.41. The highest BCUT2D eigenvalue weighted by Gasteiger charge is 2.25. The van der Waals surface area contributed by atoms with E-state index < -0.39 is 5.82 Å². The maximum atomic E-state index is 13.8. The van der Waals surface area contributed by atoms with Gasteiger partial charge in [0.15, 0.2) is 0 Å². The van der Waals surface area contributed by atoms with Crippen LogP contribution in [0.15, 0.2) is 24.3 Å². The monoisotopic (exact) mass is 327 g/mol. The van der Waals surface area contributed by atoms with Crippen LogP contribution in [-0.2, 0) is 6.42 Å². The summed E-state index contributed by atoms with van der Waals surface area (Å²) in [5, 5.41) is 3.41. The summed E-state index contributed by atoms with van der Waals surface area (Å²) in [5.41, 5.74) is 1.57. The number of aryl methyl sites for hydroxylation is 1. The van der Waals surface area contributed by atoms with Crippen LogP contribution in [-0.4, -0.2) is 0 Å². The fraction of sp³-hybridized carbons (Fsp3) is 0.375. The minimum absolute atomic E-state index is 0.148. The van der Waals surface area contributed by atoms with Gasteiger partial charge in [0, 0.05) is 22.5 Å². The summed E-state index contributed by atoms with van der Waals surface area (Å²) in [6, 6.07) is 5.47. The van der Waals surface area contributed by atoms with E-state index in [0.717, 1.165) is 29.7 Å². The average Bonchev–Trinajstić information content (AvgIpc) is 2.83. The second-order valence-electron chi connectivity index (χ2n) is 5.43. The number of fused-ring (bicyclic) bond motifs is 1. The van der Waals surface area contributed by atoms with E-state index in [-0.39, 0.29) is 17.9 Å². The van der Waals surface area contributed by atoms with Crippen molar-refractivity contribution in [1.82, 2.24) is 5.32 Å². The lowest BCUT2D eigenvalue weighted by molar-refractivity contribution is 0.408. The maximum absolute atomic E-state index is 13.8. The van der Waals surface area contributed by atoms with Crippen molar-refractivity contribution in [3.05, 3.63) is 56.2 Å². The first-order chi connectivity index (χ1) is 10.0. The van der Waals surface area contributed by atoms with Gasteiger partial charge in [-0.1, -0.05) is 11.6 Å². The highest BCUT2D eigenvalue weighted by Crippen LogP contribution is 2.39. The van der Waals surface area contributed by atoms with E-state index in [1.54, 1.807) is 11.3 Å². The van der Waals surface area contributed by atoms with Crippen LogP contribution < -0.4 is 5.32 Å². The molecule has 0 aliphatic heterocycles. The molecule has 0 fully saturated rings. The largest absolute Gasteiger partial charge is 0.303 e. The van der Waals surface area contributed by atoms with E-state index in [2.05, 4.69) is 5.32 Å². The van der Waals surface area contributed by atoms with E-state index >= 15 is 0 Å². The molecule has 2 aromatic rings. The molecule has 3 rings (SSSR count). The van der Waals surface area contributed by atoms with Crippen LogP contribution in [0.5, 0.6) is 0 Å². The fourth-order valence-corrected chi connectivity index (χ4v) is 4.32. The van der Waals surface area contributed by atoms with Gasteiger partial charge in [0.25, 0.3) is 0 Å². The Hall–Kier alpha value is -0.970. The Labute approximate surface area is 131 Å². The van der Waals surface area contributed by atoms with Crippen LogP contribution in [0, 0.1) is 11.6 Å². The molecule has 5 heteroatoms. The normalized spacial score (nSPS) is 19.3. The lowest BCUT2D eigenvalue weighted by Crippen LogP contribution is -2.27. The van der Waals surface area contributed by atoms with Gasteiger partial charge in [-0.25, -0.2) is 8.78 Å². The molecule has 1 heterocycles. The van der Waals surface area contributed by atoms with Gasteiger partial charge in [-0.2, -0.15) is 0 Å². The molecular weight excluding hydrogens is 312 g/mol. The molecule has 1 aromatic carbocycles. The van der Waals surface area contributed by atoms with Crippen molar-refractivity contribution in [3.8, 4) is 0 Å². The zero-order valence-electron chi connectivity index (χ0n) is 11.6. The standard InChI is InChI=1S/C16H16ClF2NS/c1-9(11-7-10(18)5-6-13(11)19)20-14-3-2-4-15-12(14)8-16(17)21-15/h5-9,14,20H,2-4H2,1H3. The van der Waals surface area contributed by atoms with E-state index in [1.807, 2.05) is 13.0 Å². The molecule has 2 atom stereocenters. The third kappa shape index (κ3) is 3.12. The smallest absolute Gasteiger partial charge is 0.128 e. The van der Waals surface area contributed by atoms with Gasteiger partial charge in [0.05, 0.1) is 4.34 Å². The van der Waals surface area contributed by atoms with Crippen molar-refractivity contribution in [2.45, 2.75) is 38.3 Å². The summed E-state index contributed by atoms with van der Waals surface area (Å²) >= 11 is 7.71. The summed E-state index contributed by atoms with van der Waals surface area (Å²) in [6.07, 6.45) is 3.12.